The van der Waals surface area contributed by atoms with E-state index >= 15 is 0 Å². The maximum Gasteiger partial charge on any atom is 0.165 e. The fourth-order valence-electron chi connectivity index (χ4n) is 2.72. The van der Waals surface area contributed by atoms with Crippen LogP contribution in [0.5, 0.6) is 0 Å². The Morgan fingerprint density at radius 2 is 2.00 bits per heavy atom. The zero-order valence-corrected chi connectivity index (χ0v) is 13.5. The molecule has 0 saturated carbocycles. The summed E-state index contributed by atoms with van der Waals surface area (Å²) in [6.45, 7) is 9.00. The highest BCUT2D eigenvalue weighted by Crippen LogP contribution is 2.23. The van der Waals surface area contributed by atoms with Crippen molar-refractivity contribution < 1.29 is 9.18 Å². The van der Waals surface area contributed by atoms with Crippen molar-refractivity contribution in [2.24, 2.45) is 0 Å². The van der Waals surface area contributed by atoms with Crippen molar-refractivity contribution in [1.82, 2.24) is 9.88 Å². The van der Waals surface area contributed by atoms with Gasteiger partial charge in [0.2, 0.25) is 0 Å². The molecule has 0 spiro atoms. The summed E-state index contributed by atoms with van der Waals surface area (Å²) in [6, 6.07) is 4.88. The van der Waals surface area contributed by atoms with Gasteiger partial charge in [0, 0.05) is 23.6 Å². The van der Waals surface area contributed by atoms with Crippen LogP contribution in [0.2, 0.25) is 0 Å². The van der Waals surface area contributed by atoms with Crippen molar-refractivity contribution in [1.29, 1.82) is 0 Å². The molecule has 1 aromatic heterocycles. The highest BCUT2D eigenvalue weighted by atomic mass is 19.1. The number of nitrogens with zero attached hydrogens (tertiary/aromatic N) is 2. The van der Waals surface area contributed by atoms with Gasteiger partial charge in [0.15, 0.2) is 5.78 Å². The summed E-state index contributed by atoms with van der Waals surface area (Å²) in [4.78, 5) is 19.0. The number of hydrogen-bond acceptors (Lipinski definition) is 3. The number of aromatic nitrogens is 1. The molecule has 0 amide bonds. The minimum Gasteiger partial charge on any atom is -0.304 e. The molecule has 0 radical (unpaired) electrons. The summed E-state index contributed by atoms with van der Waals surface area (Å²) < 4.78 is 13.9. The van der Waals surface area contributed by atoms with Crippen LogP contribution in [0, 0.1) is 12.7 Å². The molecule has 2 aromatic rings. The van der Waals surface area contributed by atoms with Crippen LogP contribution in [0.15, 0.2) is 24.4 Å². The van der Waals surface area contributed by atoms with E-state index in [1.807, 2.05) is 13.0 Å². The van der Waals surface area contributed by atoms with Gasteiger partial charge in [0.05, 0.1) is 5.52 Å². The van der Waals surface area contributed by atoms with Gasteiger partial charge in [-0.2, -0.15) is 0 Å². The van der Waals surface area contributed by atoms with E-state index in [1.54, 1.807) is 6.07 Å². The van der Waals surface area contributed by atoms with Crippen molar-refractivity contribution in [2.45, 2.75) is 33.6 Å². The first kappa shape index (κ1) is 16.6. The third-order valence-corrected chi connectivity index (χ3v) is 4.01. The molecule has 4 heteroatoms. The van der Waals surface area contributed by atoms with Crippen LogP contribution in [0.3, 0.4) is 0 Å². The first-order chi connectivity index (χ1) is 10.6. The summed E-state index contributed by atoms with van der Waals surface area (Å²) in [6.07, 6.45) is 2.69. The number of carbonyl (C=O) groups is 1. The zero-order chi connectivity index (χ0) is 16.1. The lowest BCUT2D eigenvalue weighted by Crippen LogP contribution is -2.24. The standard InChI is InChI=1S/C18H23FN2O/c1-4-21(5-2)10-6-7-17(22)15-12-13(3)11-14-16(19)8-9-20-18(14)15/h8-9,11-12H,4-7,10H2,1-3H3. The highest BCUT2D eigenvalue weighted by Gasteiger charge is 2.14. The van der Waals surface area contributed by atoms with E-state index in [2.05, 4.69) is 23.7 Å². The van der Waals surface area contributed by atoms with Crippen LogP contribution in [-0.2, 0) is 0 Å². The Kier molecular flexibility index (Phi) is 5.61. The Balaban J connectivity index is 2.19. The molecule has 0 saturated heterocycles. The number of rotatable bonds is 7. The minimum atomic E-state index is -0.328. The molecule has 0 unspecified atom stereocenters. The van der Waals surface area contributed by atoms with E-state index in [-0.39, 0.29) is 11.6 Å². The smallest absolute Gasteiger partial charge is 0.165 e. The van der Waals surface area contributed by atoms with E-state index < -0.39 is 0 Å². The first-order valence-corrected chi connectivity index (χ1v) is 7.87. The largest absolute Gasteiger partial charge is 0.304 e. The van der Waals surface area contributed by atoms with Crippen LogP contribution in [0.1, 0.15) is 42.6 Å². The second-order valence-corrected chi connectivity index (χ2v) is 5.56. The number of pyridine rings is 1. The minimum absolute atomic E-state index is 0.0407. The summed E-state index contributed by atoms with van der Waals surface area (Å²) in [5.74, 6) is -0.287. The average Bonchev–Trinajstić information content (AvgIpc) is 2.51. The second kappa shape index (κ2) is 7.45. The molecule has 118 valence electrons. The van der Waals surface area contributed by atoms with E-state index in [0.29, 0.717) is 22.9 Å². The molecular weight excluding hydrogens is 279 g/mol. The molecule has 1 aromatic carbocycles. The van der Waals surface area contributed by atoms with E-state index in [1.165, 1.54) is 12.3 Å². The topological polar surface area (TPSA) is 33.2 Å². The maximum absolute atomic E-state index is 13.9. The molecule has 0 aliphatic heterocycles. The summed E-state index contributed by atoms with van der Waals surface area (Å²) in [5.41, 5.74) is 1.89. The SMILES string of the molecule is CCN(CC)CCCC(=O)c1cc(C)cc2c(F)ccnc12. The number of Topliss-reactive ketones (excluding diaryl/α,β-unsaturated/α-hetero) is 1. The third-order valence-electron chi connectivity index (χ3n) is 4.01. The van der Waals surface area contributed by atoms with Crippen LogP contribution in [-0.4, -0.2) is 35.3 Å². The van der Waals surface area contributed by atoms with Gasteiger partial charge in [-0.05, 0) is 56.7 Å². The molecule has 3 nitrogen and oxygen atoms in total. The molecule has 0 fully saturated rings. The summed E-state index contributed by atoms with van der Waals surface area (Å²) >= 11 is 0. The number of hydrogen-bond donors (Lipinski definition) is 0. The molecule has 22 heavy (non-hydrogen) atoms. The molecule has 0 aliphatic rings. The quantitative estimate of drug-likeness (QED) is 0.725. The predicted octanol–water partition coefficient (Wildman–Crippen LogP) is 3.99. The molecular formula is C18H23FN2O. The van der Waals surface area contributed by atoms with Crippen LogP contribution < -0.4 is 0 Å². The zero-order valence-electron chi connectivity index (χ0n) is 13.5. The first-order valence-electron chi connectivity index (χ1n) is 7.87. The van der Waals surface area contributed by atoms with Crippen molar-refractivity contribution in [3.8, 4) is 0 Å². The van der Waals surface area contributed by atoms with Gasteiger partial charge >= 0.3 is 0 Å². The van der Waals surface area contributed by atoms with Gasteiger partial charge in [0.1, 0.15) is 5.82 Å². The molecule has 0 aliphatic carbocycles. The maximum atomic E-state index is 13.9. The lowest BCUT2D eigenvalue weighted by molar-refractivity contribution is 0.0976. The second-order valence-electron chi connectivity index (χ2n) is 5.56. The van der Waals surface area contributed by atoms with Crippen LogP contribution in [0.4, 0.5) is 4.39 Å². The van der Waals surface area contributed by atoms with Crippen LogP contribution >= 0.6 is 0 Å². The van der Waals surface area contributed by atoms with Gasteiger partial charge in [-0.25, -0.2) is 4.39 Å². The van der Waals surface area contributed by atoms with Crippen molar-refractivity contribution >= 4 is 16.7 Å². The van der Waals surface area contributed by atoms with Crippen molar-refractivity contribution in [3.63, 3.8) is 0 Å². The summed E-state index contributed by atoms with van der Waals surface area (Å²) in [7, 11) is 0. The molecule has 2 rings (SSSR count). The van der Waals surface area contributed by atoms with Crippen molar-refractivity contribution in [2.75, 3.05) is 19.6 Å². The molecule has 0 bridgehead atoms. The van der Waals surface area contributed by atoms with Crippen LogP contribution in [0.25, 0.3) is 10.9 Å². The Bertz CT molecular complexity index is 665. The van der Waals surface area contributed by atoms with Gasteiger partial charge in [-0.1, -0.05) is 13.8 Å². The van der Waals surface area contributed by atoms with E-state index in [0.717, 1.165) is 31.6 Å². The van der Waals surface area contributed by atoms with E-state index in [4.69, 9.17) is 0 Å². The average molecular weight is 302 g/mol. The third kappa shape index (κ3) is 3.69. The molecule has 0 atom stereocenters. The normalized spacial score (nSPS) is 11.3. The van der Waals surface area contributed by atoms with Gasteiger partial charge in [0.25, 0.3) is 0 Å². The molecule has 0 N–H and O–H groups in total. The number of aryl methyl sites for hydroxylation is 1. The number of ketones is 1. The number of halogens is 1. The fourth-order valence-corrected chi connectivity index (χ4v) is 2.72. The number of fused-ring (bicyclic) bond motifs is 1. The number of benzene rings is 1. The highest BCUT2D eigenvalue weighted by molar-refractivity contribution is 6.07. The Labute approximate surface area is 131 Å². The lowest BCUT2D eigenvalue weighted by atomic mass is 10.00. The Morgan fingerprint density at radius 1 is 1.27 bits per heavy atom. The fraction of sp³-hybridized carbons (Fsp3) is 0.444. The molecule has 1 heterocycles. The number of carbonyl (C=O) groups excluding carboxylic acids is 1. The lowest BCUT2D eigenvalue weighted by Gasteiger charge is -2.17. The monoisotopic (exact) mass is 302 g/mol. The van der Waals surface area contributed by atoms with Crippen molar-refractivity contribution in [3.05, 3.63) is 41.3 Å². The predicted molar refractivity (Wildman–Crippen MR) is 87.8 cm³/mol. The van der Waals surface area contributed by atoms with E-state index in [9.17, 15) is 9.18 Å². The van der Waals surface area contributed by atoms with Gasteiger partial charge < -0.3 is 4.90 Å². The Hall–Kier alpha value is -1.81. The van der Waals surface area contributed by atoms with Gasteiger partial charge in [-0.15, -0.1) is 0 Å². The van der Waals surface area contributed by atoms with Gasteiger partial charge in [-0.3, -0.25) is 9.78 Å². The summed E-state index contributed by atoms with van der Waals surface area (Å²) in [5, 5.41) is 0.426. The Morgan fingerprint density at radius 3 is 2.68 bits per heavy atom.